The maximum absolute atomic E-state index is 12.8. The molecule has 8 aromatic carbocycles. The summed E-state index contributed by atoms with van der Waals surface area (Å²) in [6, 6.07) is 51.7. The minimum Gasteiger partial charge on any atom is -0.457 e. The third-order valence-corrected chi connectivity index (χ3v) is 12.0. The van der Waals surface area contributed by atoms with Gasteiger partial charge in [0.05, 0.1) is 0 Å². The zero-order valence-corrected chi connectivity index (χ0v) is 42.5. The molecule has 0 atom stereocenters. The first-order valence-electron chi connectivity index (χ1n) is 23.0. The fourth-order valence-electron chi connectivity index (χ4n) is 7.47. The molecule has 0 saturated carbocycles. The largest absolute Gasteiger partial charge is 0.457 e. The van der Waals surface area contributed by atoms with Crippen molar-refractivity contribution >= 4 is 68.1 Å². The molecule has 0 aromatic heterocycles. The van der Waals surface area contributed by atoms with Crippen LogP contribution in [-0.4, -0.2) is 29.2 Å². The number of rotatable bonds is 14. The molecule has 0 heterocycles. The number of nitrogens with one attached hydrogen (secondary N) is 2. The van der Waals surface area contributed by atoms with Gasteiger partial charge in [-0.05, 0) is 236 Å². The molecule has 0 aliphatic carbocycles. The number of hydrogen-bond acceptors (Lipinski definition) is 9. The Balaban J connectivity index is 0.000000224. The number of nitrogens with two attached hydrogens (primary N) is 2. The van der Waals surface area contributed by atoms with Crippen molar-refractivity contribution in [1.82, 2.24) is 0 Å². The molecule has 374 valence electrons. The molecule has 0 fully saturated rings. The van der Waals surface area contributed by atoms with E-state index in [1.165, 1.54) is 34.7 Å². The third kappa shape index (κ3) is 16.4. The Morgan fingerprint density at radius 2 is 0.753 bits per heavy atom. The van der Waals surface area contributed by atoms with Crippen LogP contribution in [0.3, 0.4) is 0 Å². The normalized spacial score (nSPS) is 10.2. The van der Waals surface area contributed by atoms with E-state index in [9.17, 15) is 19.2 Å². The number of ether oxygens (including phenoxy) is 2. The number of halogens is 2. The molecule has 1 amide bonds. The Kier molecular flexibility index (Phi) is 20.1. The number of Topliss-reactive ketones (excluding diaryl/α,β-unsaturated/α-hetero) is 1. The van der Waals surface area contributed by atoms with Crippen molar-refractivity contribution < 1.29 is 28.7 Å². The molecule has 6 N–H and O–H groups in total. The van der Waals surface area contributed by atoms with E-state index in [1.807, 2.05) is 46.0 Å². The molecule has 0 aliphatic rings. The average Bonchev–Trinajstić information content (AvgIpc) is 3.36. The second-order valence-corrected chi connectivity index (χ2v) is 17.8. The van der Waals surface area contributed by atoms with E-state index < -0.39 is 10.5 Å². The van der Waals surface area contributed by atoms with E-state index in [4.69, 9.17) is 44.1 Å². The average molecular weight is 1020 g/mol. The van der Waals surface area contributed by atoms with Crippen molar-refractivity contribution in [2.24, 2.45) is 0 Å². The molecule has 8 aromatic rings. The van der Waals surface area contributed by atoms with E-state index in [0.717, 1.165) is 52.3 Å². The van der Waals surface area contributed by atoms with Crippen LogP contribution < -0.4 is 31.6 Å². The zero-order valence-electron chi connectivity index (χ0n) is 40.9. The van der Waals surface area contributed by atoms with Crippen LogP contribution in [0, 0.1) is 27.7 Å². The molecule has 0 aliphatic heterocycles. The molecule has 73 heavy (non-hydrogen) atoms. The predicted octanol–water partition coefficient (Wildman–Crippen LogP) is 15.1. The van der Waals surface area contributed by atoms with Gasteiger partial charge >= 0.3 is 0 Å². The third-order valence-electron chi connectivity index (χ3n) is 11.6. The minimum absolute atomic E-state index is 0. The summed E-state index contributed by atoms with van der Waals surface area (Å²) in [7, 11) is 1.93. The number of nitrogen functional groups attached to an aromatic ring is 2. The standard InChI is InChI=1S/C31H30N2O3.C15H18N2.C14H8Cl2O3.CH4/c1-20-17-23(5-15-29(20)32-4)19-24-6-16-30(21(2)18-24)33-31(35)26-9-13-28(14-10-26)36-27-11-7-25(8-12-27)22(3)34;1-10-7-12(3-5-14(10)16)9-13-4-6-15(17)11(2)8-13;15-13(17)9-1-5-11(6-2-9)19-12-7-3-10(4-8-12)14(16)18;/h5-18,32H,19H2,1-4H3,(H,33,35);3-8H,9,16-17H2,1-2H3;1-8H;1H4. The second-order valence-electron chi connectivity index (χ2n) is 17.1. The Labute approximate surface area is 438 Å². The molecule has 0 unspecified atom stereocenters. The first-order valence-corrected chi connectivity index (χ1v) is 23.7. The molecular formula is C61H60Cl2N4O6. The predicted molar refractivity (Wildman–Crippen MR) is 300 cm³/mol. The van der Waals surface area contributed by atoms with Crippen LogP contribution in [0.25, 0.3) is 0 Å². The molecule has 10 nitrogen and oxygen atoms in total. The second kappa shape index (κ2) is 26.3. The smallest absolute Gasteiger partial charge is 0.255 e. The SMILES string of the molecule is C.CNc1ccc(Cc2ccc(NC(=O)c3ccc(Oc4ccc(C(C)=O)cc4)cc3)c(C)c2)cc1C.Cc1cc(Cc2ccc(N)c(C)c2)ccc1N.O=C(Cl)c1ccc(Oc2ccc(C(=O)Cl)cc2)cc1. The van der Waals surface area contributed by atoms with Crippen molar-refractivity contribution in [2.45, 2.75) is 54.9 Å². The maximum Gasteiger partial charge on any atom is 0.255 e. The number of anilines is 4. The molecule has 0 radical (unpaired) electrons. The number of benzene rings is 8. The van der Waals surface area contributed by atoms with Gasteiger partial charge in [-0.15, -0.1) is 0 Å². The van der Waals surface area contributed by atoms with Crippen LogP contribution in [-0.2, 0) is 12.8 Å². The van der Waals surface area contributed by atoms with Crippen LogP contribution in [0.1, 0.15) is 100 Å². The highest BCUT2D eigenvalue weighted by molar-refractivity contribution is 6.68. The van der Waals surface area contributed by atoms with Gasteiger partial charge < -0.3 is 31.6 Å². The fourth-order valence-corrected chi connectivity index (χ4v) is 7.72. The molecular weight excluding hydrogens is 956 g/mol. The summed E-state index contributed by atoms with van der Waals surface area (Å²) < 4.78 is 11.4. The highest BCUT2D eigenvalue weighted by atomic mass is 35.5. The number of carbonyl (C=O) groups is 4. The van der Waals surface area contributed by atoms with Crippen LogP contribution in [0.5, 0.6) is 23.0 Å². The maximum atomic E-state index is 12.8. The highest BCUT2D eigenvalue weighted by Crippen LogP contribution is 2.27. The quantitative estimate of drug-likeness (QED) is 0.0472. The van der Waals surface area contributed by atoms with E-state index in [0.29, 0.717) is 45.3 Å². The summed E-state index contributed by atoms with van der Waals surface area (Å²) in [6.07, 6.45) is 1.75. The Morgan fingerprint density at radius 3 is 1.07 bits per heavy atom. The molecule has 0 saturated heterocycles. The van der Waals surface area contributed by atoms with Gasteiger partial charge in [0.25, 0.3) is 16.4 Å². The van der Waals surface area contributed by atoms with Gasteiger partial charge in [-0.25, -0.2) is 0 Å². The summed E-state index contributed by atoms with van der Waals surface area (Å²) in [5.41, 5.74) is 26.7. The number of carbonyl (C=O) groups excluding carboxylic acids is 4. The van der Waals surface area contributed by atoms with E-state index >= 15 is 0 Å². The summed E-state index contributed by atoms with van der Waals surface area (Å²) in [5, 5.41) is 5.17. The van der Waals surface area contributed by atoms with Crippen LogP contribution in [0.4, 0.5) is 22.7 Å². The summed E-state index contributed by atoms with van der Waals surface area (Å²) in [4.78, 5) is 46.0. The number of amides is 1. The number of aryl methyl sites for hydroxylation is 4. The lowest BCUT2D eigenvalue weighted by Gasteiger charge is -2.12. The summed E-state index contributed by atoms with van der Waals surface area (Å²) in [5.74, 6) is 2.19. The van der Waals surface area contributed by atoms with Gasteiger partial charge in [-0.3, -0.25) is 19.2 Å². The molecule has 0 spiro atoms. The van der Waals surface area contributed by atoms with Gasteiger partial charge in [-0.2, -0.15) is 0 Å². The lowest BCUT2D eigenvalue weighted by Crippen LogP contribution is -2.12. The Bertz CT molecular complexity index is 3090. The number of hydrogen-bond donors (Lipinski definition) is 4. The van der Waals surface area contributed by atoms with Crippen LogP contribution in [0.15, 0.2) is 170 Å². The zero-order chi connectivity index (χ0) is 51.9. The Hall–Kier alpha value is -8.18. The molecule has 0 bridgehead atoms. The van der Waals surface area contributed by atoms with Crippen molar-refractivity contribution in [3.05, 3.63) is 237 Å². The van der Waals surface area contributed by atoms with Crippen LogP contribution >= 0.6 is 23.2 Å². The van der Waals surface area contributed by atoms with Gasteiger partial charge in [0, 0.05) is 52.1 Å². The Morgan fingerprint density at radius 1 is 0.438 bits per heavy atom. The molecule has 12 heteroatoms. The highest BCUT2D eigenvalue weighted by Gasteiger charge is 2.11. The van der Waals surface area contributed by atoms with Crippen molar-refractivity contribution in [3.8, 4) is 23.0 Å². The number of ketones is 1. The van der Waals surface area contributed by atoms with E-state index in [2.05, 4.69) is 72.2 Å². The summed E-state index contributed by atoms with van der Waals surface area (Å²) >= 11 is 10.7. The van der Waals surface area contributed by atoms with Crippen LogP contribution in [0.2, 0.25) is 0 Å². The van der Waals surface area contributed by atoms with Gasteiger partial charge in [0.2, 0.25) is 0 Å². The summed E-state index contributed by atoms with van der Waals surface area (Å²) in [6.45, 7) is 9.70. The van der Waals surface area contributed by atoms with E-state index in [1.54, 1.807) is 97.1 Å². The first kappa shape index (κ1) is 55.7. The minimum atomic E-state index is -0.517. The van der Waals surface area contributed by atoms with Gasteiger partial charge in [-0.1, -0.05) is 56.0 Å². The fraction of sp³-hybridized carbons (Fsp3) is 0.148. The van der Waals surface area contributed by atoms with Crippen molar-refractivity contribution in [2.75, 3.05) is 29.1 Å². The lowest BCUT2D eigenvalue weighted by atomic mass is 10.00. The van der Waals surface area contributed by atoms with Gasteiger partial charge in [0.1, 0.15) is 23.0 Å². The molecule has 8 rings (SSSR count). The first-order chi connectivity index (χ1) is 34.4. The topological polar surface area (TPSA) is 163 Å². The van der Waals surface area contributed by atoms with Crippen molar-refractivity contribution in [3.63, 3.8) is 0 Å². The van der Waals surface area contributed by atoms with Gasteiger partial charge in [0.15, 0.2) is 5.78 Å². The van der Waals surface area contributed by atoms with Crippen molar-refractivity contribution in [1.29, 1.82) is 0 Å². The lowest BCUT2D eigenvalue weighted by molar-refractivity contribution is 0.101. The monoisotopic (exact) mass is 1010 g/mol. The van der Waals surface area contributed by atoms with E-state index in [-0.39, 0.29) is 19.1 Å².